The minimum atomic E-state index is 0.0186. The van der Waals surface area contributed by atoms with E-state index in [-0.39, 0.29) is 6.04 Å². The predicted octanol–water partition coefficient (Wildman–Crippen LogP) is 3.50. The highest BCUT2D eigenvalue weighted by Gasteiger charge is 2.27. The molecule has 0 aliphatic carbocycles. The quantitative estimate of drug-likeness (QED) is 0.732. The highest BCUT2D eigenvalue weighted by Crippen LogP contribution is 2.40. The molecule has 158 valence electrons. The highest BCUT2D eigenvalue weighted by molar-refractivity contribution is 5.50. The zero-order valence-electron chi connectivity index (χ0n) is 17.9. The summed E-state index contributed by atoms with van der Waals surface area (Å²) in [5, 5.41) is 3.49. The third-order valence-corrected chi connectivity index (χ3v) is 5.27. The van der Waals surface area contributed by atoms with Gasteiger partial charge in [-0.3, -0.25) is 4.90 Å². The summed E-state index contributed by atoms with van der Waals surface area (Å²) in [7, 11) is 5.07. The lowest BCUT2D eigenvalue weighted by Crippen LogP contribution is -2.33. The SMILES string of the molecule is CCOc1cc(C(c2cc(OC)ccc2OC)N2CCCNCC2)ccc1OC. The fourth-order valence-electron chi connectivity index (χ4n) is 3.90. The van der Waals surface area contributed by atoms with Crippen molar-refractivity contribution in [3.63, 3.8) is 0 Å². The molecule has 2 aromatic rings. The van der Waals surface area contributed by atoms with Gasteiger partial charge in [0.05, 0.1) is 34.0 Å². The average molecular weight is 401 g/mol. The van der Waals surface area contributed by atoms with Gasteiger partial charge in [0.25, 0.3) is 0 Å². The topological polar surface area (TPSA) is 52.2 Å². The second-order valence-electron chi connectivity index (χ2n) is 6.99. The van der Waals surface area contributed by atoms with Crippen molar-refractivity contribution in [2.75, 3.05) is 54.1 Å². The number of ether oxygens (including phenoxy) is 4. The first kappa shape index (κ1) is 21.3. The molecule has 2 aromatic carbocycles. The molecule has 1 heterocycles. The molecule has 1 saturated heterocycles. The molecule has 29 heavy (non-hydrogen) atoms. The zero-order valence-corrected chi connectivity index (χ0v) is 17.9. The Morgan fingerprint density at radius 3 is 2.41 bits per heavy atom. The van der Waals surface area contributed by atoms with E-state index in [4.69, 9.17) is 18.9 Å². The van der Waals surface area contributed by atoms with Crippen molar-refractivity contribution in [3.8, 4) is 23.0 Å². The van der Waals surface area contributed by atoms with E-state index in [9.17, 15) is 0 Å². The summed E-state index contributed by atoms with van der Waals surface area (Å²) in [6.45, 7) is 6.49. The van der Waals surface area contributed by atoms with E-state index >= 15 is 0 Å². The molecule has 6 nitrogen and oxygen atoms in total. The van der Waals surface area contributed by atoms with Gasteiger partial charge in [-0.2, -0.15) is 0 Å². The van der Waals surface area contributed by atoms with Crippen LogP contribution in [0.5, 0.6) is 23.0 Å². The maximum Gasteiger partial charge on any atom is 0.161 e. The Kier molecular flexibility index (Phi) is 7.61. The molecule has 0 bridgehead atoms. The molecule has 3 rings (SSSR count). The van der Waals surface area contributed by atoms with Crippen molar-refractivity contribution in [2.45, 2.75) is 19.4 Å². The smallest absolute Gasteiger partial charge is 0.161 e. The third kappa shape index (κ3) is 4.95. The van der Waals surface area contributed by atoms with Gasteiger partial charge in [-0.05, 0) is 55.8 Å². The maximum atomic E-state index is 5.86. The third-order valence-electron chi connectivity index (χ3n) is 5.27. The van der Waals surface area contributed by atoms with E-state index in [1.54, 1.807) is 21.3 Å². The monoisotopic (exact) mass is 400 g/mol. The Morgan fingerprint density at radius 1 is 0.897 bits per heavy atom. The number of hydrogen-bond donors (Lipinski definition) is 1. The predicted molar refractivity (Wildman–Crippen MR) is 115 cm³/mol. The van der Waals surface area contributed by atoms with Crippen LogP contribution in [0.2, 0.25) is 0 Å². The second-order valence-corrected chi connectivity index (χ2v) is 6.99. The van der Waals surface area contributed by atoms with Gasteiger partial charge < -0.3 is 24.3 Å². The first-order valence-corrected chi connectivity index (χ1v) is 10.2. The van der Waals surface area contributed by atoms with Crippen molar-refractivity contribution in [3.05, 3.63) is 47.5 Å². The van der Waals surface area contributed by atoms with Crippen molar-refractivity contribution in [2.24, 2.45) is 0 Å². The largest absolute Gasteiger partial charge is 0.497 e. The van der Waals surface area contributed by atoms with Crippen LogP contribution in [0.4, 0.5) is 0 Å². The summed E-state index contributed by atoms with van der Waals surface area (Å²) in [5.74, 6) is 3.16. The number of nitrogens with one attached hydrogen (secondary N) is 1. The molecule has 6 heteroatoms. The fraction of sp³-hybridized carbons (Fsp3) is 0.478. The Labute approximate surface area is 173 Å². The number of benzene rings is 2. The number of hydrogen-bond acceptors (Lipinski definition) is 6. The Hall–Kier alpha value is -2.44. The van der Waals surface area contributed by atoms with E-state index < -0.39 is 0 Å². The highest BCUT2D eigenvalue weighted by atomic mass is 16.5. The maximum absolute atomic E-state index is 5.86. The van der Waals surface area contributed by atoms with Gasteiger partial charge in [0.2, 0.25) is 0 Å². The molecular weight excluding hydrogens is 368 g/mol. The molecule has 1 atom stereocenters. The van der Waals surface area contributed by atoms with E-state index in [0.717, 1.165) is 66.7 Å². The van der Waals surface area contributed by atoms with E-state index in [2.05, 4.69) is 28.4 Å². The minimum absolute atomic E-state index is 0.0186. The standard InChI is InChI=1S/C23H32N2O4/c1-5-29-22-15-17(7-9-21(22)28-4)23(25-13-6-11-24-12-14-25)19-16-18(26-2)8-10-20(19)27-3/h7-10,15-16,23-24H,5-6,11-14H2,1-4H3. The van der Waals surface area contributed by atoms with Gasteiger partial charge in [0.1, 0.15) is 11.5 Å². The zero-order chi connectivity index (χ0) is 20.6. The van der Waals surface area contributed by atoms with Crippen molar-refractivity contribution in [1.82, 2.24) is 10.2 Å². The minimum Gasteiger partial charge on any atom is -0.497 e. The van der Waals surface area contributed by atoms with Crippen LogP contribution < -0.4 is 24.3 Å². The Balaban J connectivity index is 2.12. The van der Waals surface area contributed by atoms with Crippen LogP contribution in [-0.2, 0) is 0 Å². The molecule has 1 fully saturated rings. The van der Waals surface area contributed by atoms with Gasteiger partial charge in [-0.1, -0.05) is 6.07 Å². The van der Waals surface area contributed by atoms with Crippen molar-refractivity contribution >= 4 is 0 Å². The Morgan fingerprint density at radius 2 is 1.69 bits per heavy atom. The van der Waals surface area contributed by atoms with Crippen LogP contribution in [-0.4, -0.2) is 59.0 Å². The van der Waals surface area contributed by atoms with Crippen LogP contribution in [0.25, 0.3) is 0 Å². The summed E-state index contributed by atoms with van der Waals surface area (Å²) in [6.07, 6.45) is 1.09. The van der Waals surface area contributed by atoms with Gasteiger partial charge >= 0.3 is 0 Å². The van der Waals surface area contributed by atoms with E-state index in [0.29, 0.717) is 6.61 Å². The summed E-state index contributed by atoms with van der Waals surface area (Å²) >= 11 is 0. The first-order valence-electron chi connectivity index (χ1n) is 10.2. The van der Waals surface area contributed by atoms with Gasteiger partial charge in [0.15, 0.2) is 11.5 Å². The van der Waals surface area contributed by atoms with Crippen LogP contribution in [0.1, 0.15) is 30.5 Å². The number of nitrogens with zero attached hydrogens (tertiary/aromatic N) is 1. The van der Waals surface area contributed by atoms with Gasteiger partial charge in [-0.25, -0.2) is 0 Å². The molecule has 0 saturated carbocycles. The van der Waals surface area contributed by atoms with Crippen LogP contribution in [0.3, 0.4) is 0 Å². The lowest BCUT2D eigenvalue weighted by molar-refractivity contribution is 0.234. The van der Waals surface area contributed by atoms with Crippen LogP contribution >= 0.6 is 0 Å². The summed E-state index contributed by atoms with van der Waals surface area (Å²) in [5.41, 5.74) is 2.23. The summed E-state index contributed by atoms with van der Waals surface area (Å²) < 4.78 is 22.6. The molecule has 1 N–H and O–H groups in total. The summed E-state index contributed by atoms with van der Waals surface area (Å²) in [6, 6.07) is 12.2. The molecule has 1 aliphatic heterocycles. The molecule has 0 aromatic heterocycles. The van der Waals surface area contributed by atoms with Gasteiger partial charge in [0, 0.05) is 25.2 Å². The van der Waals surface area contributed by atoms with Gasteiger partial charge in [-0.15, -0.1) is 0 Å². The molecule has 1 aliphatic rings. The Bertz CT molecular complexity index is 788. The lowest BCUT2D eigenvalue weighted by atomic mass is 9.95. The van der Waals surface area contributed by atoms with E-state index in [1.165, 1.54) is 0 Å². The molecule has 0 amide bonds. The van der Waals surface area contributed by atoms with E-state index in [1.807, 2.05) is 25.1 Å². The second kappa shape index (κ2) is 10.4. The molecule has 1 unspecified atom stereocenters. The number of methoxy groups -OCH3 is 3. The van der Waals surface area contributed by atoms with Crippen molar-refractivity contribution in [1.29, 1.82) is 0 Å². The van der Waals surface area contributed by atoms with Crippen LogP contribution in [0.15, 0.2) is 36.4 Å². The number of rotatable bonds is 8. The first-order chi connectivity index (χ1) is 14.2. The van der Waals surface area contributed by atoms with Crippen LogP contribution in [0, 0.1) is 0 Å². The summed E-state index contributed by atoms with van der Waals surface area (Å²) in [4.78, 5) is 2.49. The average Bonchev–Trinajstić information content (AvgIpc) is 3.04. The van der Waals surface area contributed by atoms with Crippen molar-refractivity contribution < 1.29 is 18.9 Å². The normalized spacial score (nSPS) is 16.0. The molecular formula is C23H32N2O4. The molecule has 0 spiro atoms. The fourth-order valence-corrected chi connectivity index (χ4v) is 3.90. The lowest BCUT2D eigenvalue weighted by Gasteiger charge is -2.32. The molecule has 0 radical (unpaired) electrons.